The summed E-state index contributed by atoms with van der Waals surface area (Å²) in [6.45, 7) is 7.43. The van der Waals surface area contributed by atoms with Crippen molar-refractivity contribution >= 4 is 21.8 Å². The van der Waals surface area contributed by atoms with Crippen LogP contribution in [-0.4, -0.2) is 58.2 Å². The number of hydrogen-bond donors (Lipinski definition) is 0. The maximum atomic E-state index is 13.1. The summed E-state index contributed by atoms with van der Waals surface area (Å²) in [5.41, 5.74) is 2.60. The first kappa shape index (κ1) is 20.6. The van der Waals surface area contributed by atoms with Gasteiger partial charge in [-0.15, -0.1) is 0 Å². The zero-order chi connectivity index (χ0) is 20.2. The Morgan fingerprint density at radius 2 is 1.69 bits per heavy atom. The molecule has 2 aromatic rings. The van der Waals surface area contributed by atoms with Gasteiger partial charge in [-0.3, -0.25) is 4.79 Å². The molecule has 0 N–H and O–H groups in total. The second kappa shape index (κ2) is 9.43. The van der Waals surface area contributed by atoms with E-state index in [9.17, 15) is 4.79 Å². The summed E-state index contributed by atoms with van der Waals surface area (Å²) < 4.78 is 2.89. The third-order valence-electron chi connectivity index (χ3n) is 6.43. The lowest BCUT2D eigenvalue weighted by Gasteiger charge is -2.34. The number of halogens is 1. The number of benzene rings is 1. The Balaban J connectivity index is 1.35. The molecule has 2 fully saturated rings. The maximum Gasteiger partial charge on any atom is 0.257 e. The minimum Gasteiger partial charge on any atom is -0.339 e. The van der Waals surface area contributed by atoms with Gasteiger partial charge in [0.2, 0.25) is 0 Å². The van der Waals surface area contributed by atoms with Gasteiger partial charge in [0.1, 0.15) is 0 Å². The van der Waals surface area contributed by atoms with Crippen LogP contribution in [0.3, 0.4) is 0 Å². The maximum absolute atomic E-state index is 13.1. The lowest BCUT2D eigenvalue weighted by molar-refractivity contribution is 0.0667. The van der Waals surface area contributed by atoms with E-state index in [0.29, 0.717) is 0 Å². The van der Waals surface area contributed by atoms with Crippen molar-refractivity contribution in [1.82, 2.24) is 19.6 Å². The molecule has 2 aliphatic heterocycles. The first-order valence-corrected chi connectivity index (χ1v) is 11.7. The predicted molar refractivity (Wildman–Crippen MR) is 120 cm³/mol. The van der Waals surface area contributed by atoms with E-state index in [1.165, 1.54) is 45.3 Å². The first-order chi connectivity index (χ1) is 14.1. The van der Waals surface area contributed by atoms with Crippen LogP contribution in [0.4, 0.5) is 0 Å². The zero-order valence-electron chi connectivity index (χ0n) is 17.3. The molecule has 4 rings (SSSR count). The number of rotatable bonds is 4. The van der Waals surface area contributed by atoms with Crippen LogP contribution < -0.4 is 0 Å². The van der Waals surface area contributed by atoms with Gasteiger partial charge < -0.3 is 9.80 Å². The van der Waals surface area contributed by atoms with E-state index in [-0.39, 0.29) is 5.91 Å². The SMILES string of the molecule is Cc1c(C(=O)N2CCC(CN3CCCCCC3)CC2)cnn1-c1ccc(Br)cc1. The molecule has 0 atom stereocenters. The van der Waals surface area contributed by atoms with Gasteiger partial charge in [0.25, 0.3) is 5.91 Å². The van der Waals surface area contributed by atoms with Crippen LogP contribution in [0, 0.1) is 12.8 Å². The number of carbonyl (C=O) groups is 1. The third kappa shape index (κ3) is 4.92. The number of carbonyl (C=O) groups excluding carboxylic acids is 1. The standard InChI is InChI=1S/C23H31BrN4O/c1-18-22(16-25-28(18)21-8-6-20(24)7-9-21)23(29)27-14-10-19(11-15-27)17-26-12-4-2-3-5-13-26/h6-9,16,19H,2-5,10-15,17H2,1H3. The summed E-state index contributed by atoms with van der Waals surface area (Å²) >= 11 is 3.46. The Labute approximate surface area is 182 Å². The molecule has 0 unspecified atom stereocenters. The first-order valence-electron chi connectivity index (χ1n) is 10.9. The van der Waals surface area contributed by atoms with E-state index < -0.39 is 0 Å². The Morgan fingerprint density at radius 1 is 1.03 bits per heavy atom. The second-order valence-electron chi connectivity index (χ2n) is 8.48. The van der Waals surface area contributed by atoms with E-state index in [1.807, 2.05) is 40.8 Å². The molecule has 29 heavy (non-hydrogen) atoms. The third-order valence-corrected chi connectivity index (χ3v) is 6.96. The van der Waals surface area contributed by atoms with Crippen LogP contribution >= 0.6 is 15.9 Å². The molecular weight excluding hydrogens is 428 g/mol. The summed E-state index contributed by atoms with van der Waals surface area (Å²) in [6.07, 6.45) is 9.42. The highest BCUT2D eigenvalue weighted by molar-refractivity contribution is 9.10. The van der Waals surface area contributed by atoms with Crippen LogP contribution in [-0.2, 0) is 0 Å². The summed E-state index contributed by atoms with van der Waals surface area (Å²) in [4.78, 5) is 17.8. The molecule has 0 spiro atoms. The molecule has 0 aliphatic carbocycles. The van der Waals surface area contributed by atoms with Crippen molar-refractivity contribution in [3.8, 4) is 5.69 Å². The summed E-state index contributed by atoms with van der Waals surface area (Å²) in [5.74, 6) is 0.850. The fraction of sp³-hybridized carbons (Fsp3) is 0.565. The second-order valence-corrected chi connectivity index (χ2v) is 9.40. The van der Waals surface area contributed by atoms with Crippen LogP contribution in [0.2, 0.25) is 0 Å². The van der Waals surface area contributed by atoms with Gasteiger partial charge in [-0.2, -0.15) is 5.10 Å². The Kier molecular flexibility index (Phi) is 6.70. The lowest BCUT2D eigenvalue weighted by Crippen LogP contribution is -2.42. The fourth-order valence-corrected chi connectivity index (χ4v) is 4.90. The van der Waals surface area contributed by atoms with E-state index >= 15 is 0 Å². The Morgan fingerprint density at radius 3 is 2.34 bits per heavy atom. The topological polar surface area (TPSA) is 41.4 Å². The molecular formula is C23H31BrN4O. The van der Waals surface area contributed by atoms with Gasteiger partial charge in [-0.1, -0.05) is 28.8 Å². The van der Waals surface area contributed by atoms with Gasteiger partial charge in [0.15, 0.2) is 0 Å². The molecule has 0 radical (unpaired) electrons. The quantitative estimate of drug-likeness (QED) is 0.667. The van der Waals surface area contributed by atoms with Crippen molar-refractivity contribution in [2.24, 2.45) is 5.92 Å². The molecule has 3 heterocycles. The molecule has 1 aromatic heterocycles. The van der Waals surface area contributed by atoms with Crippen molar-refractivity contribution in [1.29, 1.82) is 0 Å². The summed E-state index contributed by atoms with van der Waals surface area (Å²) in [5, 5.41) is 4.48. The van der Waals surface area contributed by atoms with Crippen LogP contribution in [0.15, 0.2) is 34.9 Å². The van der Waals surface area contributed by atoms with Crippen molar-refractivity contribution in [2.45, 2.75) is 45.4 Å². The van der Waals surface area contributed by atoms with E-state index in [4.69, 9.17) is 0 Å². The average Bonchev–Trinajstić information content (AvgIpc) is 2.94. The van der Waals surface area contributed by atoms with Crippen LogP contribution in [0.25, 0.3) is 5.69 Å². The van der Waals surface area contributed by atoms with E-state index in [2.05, 4.69) is 25.9 Å². The number of likely N-dealkylation sites (tertiary alicyclic amines) is 2. The molecule has 0 bridgehead atoms. The van der Waals surface area contributed by atoms with Crippen molar-refractivity contribution in [3.05, 3.63) is 46.2 Å². The Hall–Kier alpha value is -1.66. The van der Waals surface area contributed by atoms with Gasteiger partial charge in [0, 0.05) is 24.1 Å². The molecule has 1 amide bonds. The molecule has 0 saturated carbocycles. The van der Waals surface area contributed by atoms with Crippen molar-refractivity contribution < 1.29 is 4.79 Å². The van der Waals surface area contributed by atoms with Crippen molar-refractivity contribution in [3.63, 3.8) is 0 Å². The highest BCUT2D eigenvalue weighted by Gasteiger charge is 2.27. The highest BCUT2D eigenvalue weighted by Crippen LogP contribution is 2.23. The molecule has 6 heteroatoms. The minimum absolute atomic E-state index is 0.124. The number of hydrogen-bond acceptors (Lipinski definition) is 3. The Bertz CT molecular complexity index is 816. The normalized spacial score (nSPS) is 19.3. The molecule has 2 saturated heterocycles. The number of aromatic nitrogens is 2. The number of piperidine rings is 1. The monoisotopic (exact) mass is 458 g/mol. The molecule has 2 aliphatic rings. The molecule has 1 aromatic carbocycles. The van der Waals surface area contributed by atoms with E-state index in [0.717, 1.165) is 53.3 Å². The van der Waals surface area contributed by atoms with E-state index in [1.54, 1.807) is 6.20 Å². The average molecular weight is 459 g/mol. The number of amides is 1. The highest BCUT2D eigenvalue weighted by atomic mass is 79.9. The van der Waals surface area contributed by atoms with Gasteiger partial charge in [-0.05, 0) is 75.9 Å². The summed E-state index contributed by atoms with van der Waals surface area (Å²) in [6, 6.07) is 8.00. The molecule has 156 valence electrons. The molecule has 5 nitrogen and oxygen atoms in total. The largest absolute Gasteiger partial charge is 0.339 e. The fourth-order valence-electron chi connectivity index (χ4n) is 4.64. The van der Waals surface area contributed by atoms with Crippen molar-refractivity contribution in [2.75, 3.05) is 32.7 Å². The van der Waals surface area contributed by atoms with Gasteiger partial charge >= 0.3 is 0 Å². The lowest BCUT2D eigenvalue weighted by atomic mass is 9.95. The zero-order valence-corrected chi connectivity index (χ0v) is 18.9. The number of nitrogens with zero attached hydrogens (tertiary/aromatic N) is 4. The van der Waals surface area contributed by atoms with Gasteiger partial charge in [-0.25, -0.2) is 4.68 Å². The predicted octanol–water partition coefficient (Wildman–Crippen LogP) is 4.67. The van der Waals surface area contributed by atoms with Crippen LogP contribution in [0.1, 0.15) is 54.6 Å². The smallest absolute Gasteiger partial charge is 0.257 e. The van der Waals surface area contributed by atoms with Gasteiger partial charge in [0.05, 0.1) is 23.1 Å². The van der Waals surface area contributed by atoms with Crippen LogP contribution in [0.5, 0.6) is 0 Å². The summed E-state index contributed by atoms with van der Waals surface area (Å²) in [7, 11) is 0. The minimum atomic E-state index is 0.124.